The van der Waals surface area contributed by atoms with Gasteiger partial charge in [-0.15, -0.1) is 0 Å². The Morgan fingerprint density at radius 1 is 1.44 bits per heavy atom. The van der Waals surface area contributed by atoms with E-state index in [4.69, 9.17) is 0 Å². The number of nitrogens with zero attached hydrogens (tertiary/aromatic N) is 1. The predicted molar refractivity (Wildman–Crippen MR) is 51.7 cm³/mol. The lowest BCUT2D eigenvalue weighted by molar-refractivity contribution is -0.250. The Labute approximate surface area is 92.2 Å². The van der Waals surface area contributed by atoms with Crippen LogP contribution in [0.15, 0.2) is 0 Å². The Morgan fingerprint density at radius 2 is 2.00 bits per heavy atom. The molecule has 0 bridgehead atoms. The summed E-state index contributed by atoms with van der Waals surface area (Å²) in [5, 5.41) is 9.24. The van der Waals surface area contributed by atoms with Gasteiger partial charge < -0.3 is 10.0 Å². The van der Waals surface area contributed by atoms with Gasteiger partial charge in [-0.05, 0) is 25.7 Å². The number of likely N-dealkylation sites (tertiary alicyclic amines) is 1. The van der Waals surface area contributed by atoms with E-state index in [0.29, 0.717) is 13.3 Å². The third kappa shape index (κ3) is 2.48. The molecular formula is C10H16F3NO2. The molecule has 1 aliphatic heterocycles. The van der Waals surface area contributed by atoms with Gasteiger partial charge in [-0.2, -0.15) is 13.2 Å². The molecule has 0 aromatic rings. The van der Waals surface area contributed by atoms with Crippen LogP contribution >= 0.6 is 0 Å². The van der Waals surface area contributed by atoms with Crippen molar-refractivity contribution in [3.05, 3.63) is 0 Å². The van der Waals surface area contributed by atoms with Gasteiger partial charge in [-0.3, -0.25) is 4.79 Å². The van der Waals surface area contributed by atoms with Crippen molar-refractivity contribution in [1.29, 1.82) is 0 Å². The van der Waals surface area contributed by atoms with Gasteiger partial charge in [0.25, 0.3) is 5.91 Å². The first kappa shape index (κ1) is 13.3. The minimum atomic E-state index is -4.93. The molecule has 1 rings (SSSR count). The van der Waals surface area contributed by atoms with E-state index in [1.54, 1.807) is 0 Å². The number of piperidine rings is 1. The Kier molecular flexibility index (Phi) is 3.52. The summed E-state index contributed by atoms with van der Waals surface area (Å²) in [6.45, 7) is 2.96. The average molecular weight is 239 g/mol. The first-order valence-corrected chi connectivity index (χ1v) is 5.24. The molecule has 1 heterocycles. The fourth-order valence-electron chi connectivity index (χ4n) is 1.80. The van der Waals surface area contributed by atoms with Crippen molar-refractivity contribution in [1.82, 2.24) is 4.90 Å². The highest BCUT2D eigenvalue weighted by atomic mass is 19.4. The number of halogens is 3. The van der Waals surface area contributed by atoms with Gasteiger partial charge in [0.1, 0.15) is 0 Å². The summed E-state index contributed by atoms with van der Waals surface area (Å²) < 4.78 is 37.3. The summed E-state index contributed by atoms with van der Waals surface area (Å²) in [6.07, 6.45) is -3.34. The second-order valence-corrected chi connectivity index (χ2v) is 4.57. The Morgan fingerprint density at radius 3 is 2.44 bits per heavy atom. The SMILES string of the molecule is C[C@@H]1CCCN(C(=O)[C@@](C)(O)C(F)(F)F)C1. The number of alkyl halides is 3. The Balaban J connectivity index is 2.77. The molecule has 0 unspecified atom stereocenters. The molecule has 6 heteroatoms. The third-order valence-electron chi connectivity index (χ3n) is 2.91. The van der Waals surface area contributed by atoms with Crippen LogP contribution in [0, 0.1) is 5.92 Å². The molecule has 0 aromatic heterocycles. The van der Waals surface area contributed by atoms with E-state index in [2.05, 4.69) is 0 Å². The highest BCUT2D eigenvalue weighted by molar-refractivity contribution is 5.85. The fourth-order valence-corrected chi connectivity index (χ4v) is 1.80. The summed E-state index contributed by atoms with van der Waals surface area (Å²) in [5.74, 6) is -1.06. The van der Waals surface area contributed by atoms with Gasteiger partial charge >= 0.3 is 6.18 Å². The van der Waals surface area contributed by atoms with Gasteiger partial charge in [-0.1, -0.05) is 6.92 Å². The minimum absolute atomic E-state index is 0.182. The molecular weight excluding hydrogens is 223 g/mol. The lowest BCUT2D eigenvalue weighted by atomic mass is 9.97. The van der Waals surface area contributed by atoms with Crippen LogP contribution in [0.3, 0.4) is 0 Å². The minimum Gasteiger partial charge on any atom is -0.373 e. The van der Waals surface area contributed by atoms with Gasteiger partial charge in [-0.25, -0.2) is 0 Å². The molecule has 1 amide bonds. The Bertz CT molecular complexity index is 276. The van der Waals surface area contributed by atoms with E-state index in [1.807, 2.05) is 6.92 Å². The van der Waals surface area contributed by atoms with Crippen LogP contribution in [0.4, 0.5) is 13.2 Å². The number of carbonyl (C=O) groups is 1. The van der Waals surface area contributed by atoms with E-state index in [9.17, 15) is 23.1 Å². The van der Waals surface area contributed by atoms with Crippen molar-refractivity contribution in [3.63, 3.8) is 0 Å². The zero-order valence-electron chi connectivity index (χ0n) is 9.34. The van der Waals surface area contributed by atoms with Crippen LogP contribution in [0.5, 0.6) is 0 Å². The molecule has 0 saturated carbocycles. The van der Waals surface area contributed by atoms with E-state index in [-0.39, 0.29) is 19.0 Å². The number of aliphatic hydroxyl groups is 1. The maximum Gasteiger partial charge on any atom is 0.426 e. The normalized spacial score (nSPS) is 26.4. The van der Waals surface area contributed by atoms with Gasteiger partial charge in [0, 0.05) is 13.1 Å². The van der Waals surface area contributed by atoms with Crippen LogP contribution in [-0.4, -0.2) is 40.8 Å². The molecule has 1 fully saturated rings. The number of hydrogen-bond acceptors (Lipinski definition) is 2. The molecule has 94 valence electrons. The highest BCUT2D eigenvalue weighted by Gasteiger charge is 2.57. The molecule has 0 spiro atoms. The van der Waals surface area contributed by atoms with Crippen molar-refractivity contribution in [2.24, 2.45) is 5.92 Å². The monoisotopic (exact) mass is 239 g/mol. The van der Waals surface area contributed by atoms with Crippen LogP contribution in [0.1, 0.15) is 26.7 Å². The molecule has 2 atom stereocenters. The third-order valence-corrected chi connectivity index (χ3v) is 2.91. The Hall–Kier alpha value is -0.780. The van der Waals surface area contributed by atoms with Crippen LogP contribution in [-0.2, 0) is 4.79 Å². The number of amides is 1. The molecule has 0 aliphatic carbocycles. The summed E-state index contributed by atoms with van der Waals surface area (Å²) in [6, 6.07) is 0. The second kappa shape index (κ2) is 4.24. The summed E-state index contributed by atoms with van der Waals surface area (Å²) in [4.78, 5) is 12.7. The maximum absolute atomic E-state index is 12.4. The predicted octanol–water partition coefficient (Wildman–Crippen LogP) is 1.56. The average Bonchev–Trinajstić information content (AvgIpc) is 2.14. The quantitative estimate of drug-likeness (QED) is 0.754. The number of hydrogen-bond donors (Lipinski definition) is 1. The first-order valence-electron chi connectivity index (χ1n) is 5.24. The van der Waals surface area contributed by atoms with Crippen molar-refractivity contribution in [2.45, 2.75) is 38.5 Å². The number of carbonyl (C=O) groups excluding carboxylic acids is 1. The zero-order valence-corrected chi connectivity index (χ0v) is 9.34. The molecule has 0 radical (unpaired) electrons. The standard InChI is InChI=1S/C10H16F3NO2/c1-7-4-3-5-14(6-7)8(15)9(2,16)10(11,12)13/h7,16H,3-6H2,1-2H3/t7-,9-/m1/s1. The molecule has 3 nitrogen and oxygen atoms in total. The molecule has 1 aliphatic rings. The smallest absolute Gasteiger partial charge is 0.373 e. The summed E-state index contributed by atoms with van der Waals surface area (Å²) >= 11 is 0. The molecule has 1 N–H and O–H groups in total. The first-order chi connectivity index (χ1) is 7.16. The van der Waals surface area contributed by atoms with E-state index in [0.717, 1.165) is 11.3 Å². The lowest BCUT2D eigenvalue weighted by Crippen LogP contribution is -2.57. The second-order valence-electron chi connectivity index (χ2n) is 4.57. The van der Waals surface area contributed by atoms with Gasteiger partial charge in [0.2, 0.25) is 5.60 Å². The molecule has 0 aromatic carbocycles. The van der Waals surface area contributed by atoms with Crippen LogP contribution < -0.4 is 0 Å². The van der Waals surface area contributed by atoms with Crippen molar-refractivity contribution < 1.29 is 23.1 Å². The van der Waals surface area contributed by atoms with Gasteiger partial charge in [0.15, 0.2) is 0 Å². The summed E-state index contributed by atoms with van der Waals surface area (Å²) in [5.41, 5.74) is -3.27. The van der Waals surface area contributed by atoms with Crippen molar-refractivity contribution in [2.75, 3.05) is 13.1 Å². The fraction of sp³-hybridized carbons (Fsp3) is 0.900. The summed E-state index contributed by atoms with van der Waals surface area (Å²) in [7, 11) is 0. The van der Waals surface area contributed by atoms with Crippen molar-refractivity contribution >= 4 is 5.91 Å². The topological polar surface area (TPSA) is 40.5 Å². The maximum atomic E-state index is 12.4. The van der Waals surface area contributed by atoms with Crippen molar-refractivity contribution in [3.8, 4) is 0 Å². The van der Waals surface area contributed by atoms with Gasteiger partial charge in [0.05, 0.1) is 0 Å². The lowest BCUT2D eigenvalue weighted by Gasteiger charge is -2.36. The van der Waals surface area contributed by atoms with E-state index in [1.165, 1.54) is 0 Å². The molecule has 16 heavy (non-hydrogen) atoms. The number of rotatable bonds is 1. The van der Waals surface area contributed by atoms with Crippen LogP contribution in [0.2, 0.25) is 0 Å². The largest absolute Gasteiger partial charge is 0.426 e. The zero-order chi connectivity index (χ0) is 12.6. The highest BCUT2D eigenvalue weighted by Crippen LogP contribution is 2.32. The van der Waals surface area contributed by atoms with E-state index < -0.39 is 17.7 Å². The van der Waals surface area contributed by atoms with Crippen LogP contribution in [0.25, 0.3) is 0 Å². The van der Waals surface area contributed by atoms with E-state index >= 15 is 0 Å². The molecule has 1 saturated heterocycles.